The molecule has 1 amide bonds. The summed E-state index contributed by atoms with van der Waals surface area (Å²) in [7, 11) is 1.95. The van der Waals surface area contributed by atoms with Gasteiger partial charge in [-0.15, -0.1) is 0 Å². The summed E-state index contributed by atoms with van der Waals surface area (Å²) in [5, 5.41) is 12.7. The second-order valence-electron chi connectivity index (χ2n) is 4.94. The molecule has 106 valence electrons. The van der Waals surface area contributed by atoms with Crippen LogP contribution >= 0.6 is 0 Å². The van der Waals surface area contributed by atoms with E-state index in [1.54, 1.807) is 0 Å². The summed E-state index contributed by atoms with van der Waals surface area (Å²) in [5.74, 6) is -1.36. The van der Waals surface area contributed by atoms with Crippen LogP contribution in [0.2, 0.25) is 0 Å². The third kappa shape index (κ3) is 2.52. The highest BCUT2D eigenvalue weighted by Gasteiger charge is 2.22. The topological polar surface area (TPSA) is 71.3 Å². The maximum Gasteiger partial charge on any atom is 0.326 e. The highest BCUT2D eigenvalue weighted by atomic mass is 16.4. The van der Waals surface area contributed by atoms with E-state index >= 15 is 0 Å². The fourth-order valence-corrected chi connectivity index (χ4v) is 2.51. The van der Waals surface area contributed by atoms with Gasteiger partial charge in [0.1, 0.15) is 6.04 Å². The molecule has 0 aliphatic carbocycles. The molecule has 1 atom stereocenters. The SMILES string of the molecule is CC(=O)NC(Cc1c(C)n(C)c2ccccc12)C(=O)O. The zero-order chi connectivity index (χ0) is 14.9. The number of benzene rings is 1. The number of aryl methyl sites for hydroxylation is 1. The van der Waals surface area contributed by atoms with Crippen LogP contribution in [0.5, 0.6) is 0 Å². The Kier molecular flexibility index (Phi) is 3.79. The zero-order valence-corrected chi connectivity index (χ0v) is 11.8. The number of aliphatic carboxylic acids is 1. The van der Waals surface area contributed by atoms with Crippen LogP contribution in [0.1, 0.15) is 18.2 Å². The number of carboxylic acid groups (broad SMARTS) is 1. The van der Waals surface area contributed by atoms with E-state index < -0.39 is 12.0 Å². The second kappa shape index (κ2) is 5.36. The number of nitrogens with one attached hydrogen (secondary N) is 1. The maximum atomic E-state index is 11.3. The van der Waals surface area contributed by atoms with Gasteiger partial charge in [-0.05, 0) is 18.6 Å². The van der Waals surface area contributed by atoms with Gasteiger partial charge in [0.05, 0.1) is 0 Å². The smallest absolute Gasteiger partial charge is 0.326 e. The van der Waals surface area contributed by atoms with Gasteiger partial charge in [0, 0.05) is 37.0 Å². The molecule has 0 bridgehead atoms. The van der Waals surface area contributed by atoms with Gasteiger partial charge >= 0.3 is 5.97 Å². The van der Waals surface area contributed by atoms with Gasteiger partial charge in [-0.2, -0.15) is 0 Å². The average Bonchev–Trinajstić information content (AvgIpc) is 2.63. The van der Waals surface area contributed by atoms with Gasteiger partial charge in [-0.25, -0.2) is 4.79 Å². The first kappa shape index (κ1) is 14.1. The van der Waals surface area contributed by atoms with Crippen molar-refractivity contribution in [2.24, 2.45) is 7.05 Å². The Hall–Kier alpha value is -2.30. The van der Waals surface area contributed by atoms with Crippen molar-refractivity contribution in [2.45, 2.75) is 26.3 Å². The first-order valence-electron chi connectivity index (χ1n) is 6.44. The number of carbonyl (C=O) groups excluding carboxylic acids is 1. The van der Waals surface area contributed by atoms with Crippen LogP contribution < -0.4 is 5.32 Å². The van der Waals surface area contributed by atoms with Gasteiger partial charge in [0.15, 0.2) is 0 Å². The lowest BCUT2D eigenvalue weighted by atomic mass is 10.0. The third-order valence-corrected chi connectivity index (χ3v) is 3.61. The molecule has 5 heteroatoms. The first-order chi connectivity index (χ1) is 9.41. The predicted octanol–water partition coefficient (Wildman–Crippen LogP) is 1.62. The molecular weight excluding hydrogens is 256 g/mol. The number of hydrogen-bond acceptors (Lipinski definition) is 2. The van der Waals surface area contributed by atoms with Crippen LogP contribution in [0.25, 0.3) is 10.9 Å². The maximum absolute atomic E-state index is 11.3. The summed E-state index contributed by atoms with van der Waals surface area (Å²) in [6.07, 6.45) is 0.280. The normalized spacial score (nSPS) is 12.3. The van der Waals surface area contributed by atoms with Crippen molar-refractivity contribution in [3.63, 3.8) is 0 Å². The van der Waals surface area contributed by atoms with Crippen molar-refractivity contribution >= 4 is 22.8 Å². The second-order valence-corrected chi connectivity index (χ2v) is 4.94. The van der Waals surface area contributed by atoms with Crippen LogP contribution in [0.3, 0.4) is 0 Å². The van der Waals surface area contributed by atoms with E-state index in [2.05, 4.69) is 5.32 Å². The number of para-hydroxylation sites is 1. The summed E-state index contributed by atoms with van der Waals surface area (Å²) >= 11 is 0. The van der Waals surface area contributed by atoms with E-state index in [0.29, 0.717) is 0 Å². The van der Waals surface area contributed by atoms with Gasteiger partial charge in [0.25, 0.3) is 0 Å². The summed E-state index contributed by atoms with van der Waals surface area (Å²) < 4.78 is 2.04. The Bertz CT molecular complexity index is 673. The Morgan fingerprint density at radius 3 is 2.60 bits per heavy atom. The molecule has 0 aliphatic heterocycles. The van der Waals surface area contributed by atoms with Crippen LogP contribution in [-0.2, 0) is 23.1 Å². The Morgan fingerprint density at radius 1 is 1.35 bits per heavy atom. The Balaban J connectivity index is 2.44. The number of hydrogen-bond donors (Lipinski definition) is 2. The summed E-state index contributed by atoms with van der Waals surface area (Å²) in [6, 6.07) is 6.95. The lowest BCUT2D eigenvalue weighted by Crippen LogP contribution is -2.41. The number of rotatable bonds is 4. The summed E-state index contributed by atoms with van der Waals surface area (Å²) in [4.78, 5) is 22.4. The van der Waals surface area contributed by atoms with E-state index in [1.807, 2.05) is 42.8 Å². The highest BCUT2D eigenvalue weighted by molar-refractivity contribution is 5.87. The lowest BCUT2D eigenvalue weighted by Gasteiger charge is -2.13. The van der Waals surface area contributed by atoms with Gasteiger partial charge < -0.3 is 15.0 Å². The number of fused-ring (bicyclic) bond motifs is 1. The molecule has 2 rings (SSSR count). The Labute approximate surface area is 117 Å². The largest absolute Gasteiger partial charge is 0.480 e. The molecule has 1 unspecified atom stereocenters. The van der Waals surface area contributed by atoms with Crippen LogP contribution in [-0.4, -0.2) is 27.6 Å². The van der Waals surface area contributed by atoms with E-state index in [-0.39, 0.29) is 12.3 Å². The van der Waals surface area contributed by atoms with E-state index in [9.17, 15) is 14.7 Å². The molecular formula is C15H18N2O3. The van der Waals surface area contributed by atoms with Gasteiger partial charge in [0.2, 0.25) is 5.91 Å². The molecule has 0 fully saturated rings. The number of carbonyl (C=O) groups is 2. The standard InChI is InChI=1S/C15H18N2O3/c1-9-12(8-13(15(19)20)16-10(2)18)11-6-4-5-7-14(11)17(9)3/h4-7,13H,8H2,1-3H3,(H,16,18)(H,19,20). The van der Waals surface area contributed by atoms with Crippen LogP contribution in [0.15, 0.2) is 24.3 Å². The average molecular weight is 274 g/mol. The number of aromatic nitrogens is 1. The summed E-state index contributed by atoms with van der Waals surface area (Å²) in [6.45, 7) is 3.29. The third-order valence-electron chi connectivity index (χ3n) is 3.61. The minimum Gasteiger partial charge on any atom is -0.480 e. The van der Waals surface area contributed by atoms with Crippen molar-refractivity contribution in [1.29, 1.82) is 0 Å². The molecule has 0 saturated heterocycles. The van der Waals surface area contributed by atoms with Gasteiger partial charge in [-0.3, -0.25) is 4.79 Å². The molecule has 0 radical (unpaired) electrons. The molecule has 1 aromatic carbocycles. The molecule has 1 heterocycles. The molecule has 0 aliphatic rings. The first-order valence-corrected chi connectivity index (χ1v) is 6.44. The molecule has 5 nitrogen and oxygen atoms in total. The zero-order valence-electron chi connectivity index (χ0n) is 11.8. The molecule has 20 heavy (non-hydrogen) atoms. The fraction of sp³-hybridized carbons (Fsp3) is 0.333. The predicted molar refractivity (Wildman–Crippen MR) is 76.6 cm³/mol. The molecule has 0 spiro atoms. The number of carboxylic acids is 1. The quantitative estimate of drug-likeness (QED) is 0.890. The molecule has 1 aromatic heterocycles. The van der Waals surface area contributed by atoms with Crippen molar-refractivity contribution < 1.29 is 14.7 Å². The van der Waals surface area contributed by atoms with E-state index in [0.717, 1.165) is 22.2 Å². The van der Waals surface area contributed by atoms with Crippen molar-refractivity contribution in [3.8, 4) is 0 Å². The van der Waals surface area contributed by atoms with Crippen molar-refractivity contribution in [1.82, 2.24) is 9.88 Å². The van der Waals surface area contributed by atoms with E-state index in [4.69, 9.17) is 0 Å². The monoisotopic (exact) mass is 274 g/mol. The van der Waals surface area contributed by atoms with E-state index in [1.165, 1.54) is 6.92 Å². The molecule has 2 N–H and O–H groups in total. The lowest BCUT2D eigenvalue weighted by molar-refractivity contribution is -0.141. The van der Waals surface area contributed by atoms with Crippen molar-refractivity contribution in [3.05, 3.63) is 35.5 Å². The number of nitrogens with zero attached hydrogens (tertiary/aromatic N) is 1. The van der Waals surface area contributed by atoms with Crippen LogP contribution in [0.4, 0.5) is 0 Å². The van der Waals surface area contributed by atoms with Crippen molar-refractivity contribution in [2.75, 3.05) is 0 Å². The fourth-order valence-electron chi connectivity index (χ4n) is 2.51. The minimum atomic E-state index is -1.02. The summed E-state index contributed by atoms with van der Waals surface area (Å²) in [5.41, 5.74) is 3.04. The number of amides is 1. The van der Waals surface area contributed by atoms with Crippen LogP contribution in [0, 0.1) is 6.92 Å². The molecule has 0 saturated carbocycles. The molecule has 2 aromatic rings. The van der Waals surface area contributed by atoms with Gasteiger partial charge in [-0.1, -0.05) is 18.2 Å². The minimum absolute atomic E-state index is 0.280. The Morgan fingerprint density at radius 2 is 2.00 bits per heavy atom. The highest BCUT2D eigenvalue weighted by Crippen LogP contribution is 2.25.